The summed E-state index contributed by atoms with van der Waals surface area (Å²) in [7, 11) is 0. The maximum absolute atomic E-state index is 9.95. The van der Waals surface area contributed by atoms with Gasteiger partial charge in [0.2, 0.25) is 0 Å². The molecule has 0 amide bonds. The van der Waals surface area contributed by atoms with Crippen molar-refractivity contribution in [3.63, 3.8) is 0 Å². The molecule has 1 aromatic heterocycles. The SMILES string of the molecule is Oc1ccc(CCCC[N+]23CCC(CC2)CC3)nc1C1OC=CO1. The van der Waals surface area contributed by atoms with Crippen LogP contribution in [-0.2, 0) is 15.9 Å². The average molecular weight is 331 g/mol. The summed E-state index contributed by atoms with van der Waals surface area (Å²) in [6.07, 6.45) is 10.0. The average Bonchev–Trinajstić information content (AvgIpc) is 3.16. The van der Waals surface area contributed by atoms with Crippen molar-refractivity contribution in [2.24, 2.45) is 5.92 Å². The summed E-state index contributed by atoms with van der Waals surface area (Å²) in [5.41, 5.74) is 1.47. The van der Waals surface area contributed by atoms with E-state index in [-0.39, 0.29) is 5.75 Å². The molecule has 0 atom stereocenters. The van der Waals surface area contributed by atoms with E-state index >= 15 is 0 Å². The first kappa shape index (κ1) is 15.8. The summed E-state index contributed by atoms with van der Waals surface area (Å²) < 4.78 is 11.9. The molecule has 2 bridgehead atoms. The van der Waals surface area contributed by atoms with Crippen LogP contribution in [0.25, 0.3) is 0 Å². The highest BCUT2D eigenvalue weighted by Gasteiger charge is 2.38. The predicted molar refractivity (Wildman–Crippen MR) is 90.0 cm³/mol. The van der Waals surface area contributed by atoms with Crippen molar-refractivity contribution < 1.29 is 19.1 Å². The number of piperidine rings is 3. The third-order valence-corrected chi connectivity index (χ3v) is 5.99. The number of unbranched alkanes of at least 4 members (excludes halogenated alkanes) is 1. The highest BCUT2D eigenvalue weighted by molar-refractivity contribution is 5.29. The van der Waals surface area contributed by atoms with Crippen molar-refractivity contribution in [2.75, 3.05) is 26.2 Å². The minimum atomic E-state index is -0.613. The van der Waals surface area contributed by atoms with Crippen LogP contribution in [0.5, 0.6) is 5.75 Å². The number of pyridine rings is 1. The molecule has 0 radical (unpaired) electrons. The summed E-state index contributed by atoms with van der Waals surface area (Å²) in [6.45, 7) is 5.51. The molecule has 5 heteroatoms. The zero-order valence-corrected chi connectivity index (χ0v) is 14.2. The molecule has 3 saturated heterocycles. The third-order valence-electron chi connectivity index (χ3n) is 5.99. The molecule has 4 aliphatic rings. The number of ether oxygens (including phenoxy) is 2. The number of quaternary nitrogens is 1. The minimum Gasteiger partial charge on any atom is -0.506 e. The van der Waals surface area contributed by atoms with E-state index in [1.165, 1.54) is 68.9 Å². The van der Waals surface area contributed by atoms with Gasteiger partial charge in [-0.05, 0) is 56.6 Å². The van der Waals surface area contributed by atoms with E-state index in [1.54, 1.807) is 6.07 Å². The van der Waals surface area contributed by atoms with Crippen molar-refractivity contribution >= 4 is 0 Å². The Kier molecular flexibility index (Phi) is 4.35. The predicted octanol–water partition coefficient (Wildman–Crippen LogP) is 3.26. The molecule has 4 aliphatic heterocycles. The van der Waals surface area contributed by atoms with Gasteiger partial charge in [0.15, 0.2) is 5.69 Å². The number of aromatic nitrogens is 1. The van der Waals surface area contributed by atoms with E-state index in [9.17, 15) is 5.11 Å². The third kappa shape index (κ3) is 3.22. The molecule has 0 saturated carbocycles. The number of aromatic hydroxyl groups is 1. The van der Waals surface area contributed by atoms with E-state index < -0.39 is 6.29 Å². The van der Waals surface area contributed by atoms with Gasteiger partial charge in [-0.15, -0.1) is 0 Å². The molecule has 1 aromatic rings. The molecular formula is C19H27N2O3+. The molecule has 5 nitrogen and oxygen atoms in total. The fourth-order valence-electron chi connectivity index (χ4n) is 4.42. The molecule has 3 fully saturated rings. The van der Waals surface area contributed by atoms with E-state index in [0.29, 0.717) is 5.69 Å². The molecule has 24 heavy (non-hydrogen) atoms. The maximum Gasteiger partial charge on any atom is 0.286 e. The molecular weight excluding hydrogens is 304 g/mol. The number of hydrogen-bond donors (Lipinski definition) is 1. The Balaban J connectivity index is 1.29. The topological polar surface area (TPSA) is 51.6 Å². The molecule has 0 unspecified atom stereocenters. The van der Waals surface area contributed by atoms with Crippen LogP contribution in [0.15, 0.2) is 24.7 Å². The summed E-state index contributed by atoms with van der Waals surface area (Å²) in [5, 5.41) is 9.95. The summed E-state index contributed by atoms with van der Waals surface area (Å²) in [6, 6.07) is 3.60. The monoisotopic (exact) mass is 331 g/mol. The van der Waals surface area contributed by atoms with Gasteiger partial charge in [-0.3, -0.25) is 0 Å². The van der Waals surface area contributed by atoms with Gasteiger partial charge in [0.1, 0.15) is 18.3 Å². The van der Waals surface area contributed by atoms with Crippen molar-refractivity contribution in [1.82, 2.24) is 4.98 Å². The molecule has 0 aromatic carbocycles. The van der Waals surface area contributed by atoms with Gasteiger partial charge < -0.3 is 19.1 Å². The fourth-order valence-corrected chi connectivity index (χ4v) is 4.42. The lowest BCUT2D eigenvalue weighted by Crippen LogP contribution is -2.58. The van der Waals surface area contributed by atoms with Gasteiger partial charge >= 0.3 is 0 Å². The number of fused-ring (bicyclic) bond motifs is 3. The number of aryl methyl sites for hydroxylation is 1. The van der Waals surface area contributed by atoms with Gasteiger partial charge in [0.05, 0.1) is 26.2 Å². The molecule has 5 heterocycles. The second kappa shape index (κ2) is 6.63. The van der Waals surface area contributed by atoms with Crippen molar-refractivity contribution in [2.45, 2.75) is 44.8 Å². The molecule has 0 spiro atoms. The number of hydrogen-bond acceptors (Lipinski definition) is 4. The summed E-state index contributed by atoms with van der Waals surface area (Å²) >= 11 is 0. The number of nitrogens with zero attached hydrogens (tertiary/aromatic N) is 2. The van der Waals surface area contributed by atoms with Crippen molar-refractivity contribution in [3.8, 4) is 5.75 Å². The fraction of sp³-hybridized carbons (Fsp3) is 0.632. The lowest BCUT2D eigenvalue weighted by Gasteiger charge is -2.49. The Morgan fingerprint density at radius 3 is 2.46 bits per heavy atom. The van der Waals surface area contributed by atoms with Crippen LogP contribution >= 0.6 is 0 Å². The van der Waals surface area contributed by atoms with Crippen LogP contribution in [0, 0.1) is 5.92 Å². The van der Waals surface area contributed by atoms with Crippen LogP contribution in [-0.4, -0.2) is 40.8 Å². The van der Waals surface area contributed by atoms with Crippen LogP contribution in [0.2, 0.25) is 0 Å². The molecule has 130 valence electrons. The molecule has 0 aliphatic carbocycles. The zero-order valence-electron chi connectivity index (χ0n) is 14.2. The highest BCUT2D eigenvalue weighted by atomic mass is 16.7. The van der Waals surface area contributed by atoms with Gasteiger partial charge in [-0.25, -0.2) is 4.98 Å². The van der Waals surface area contributed by atoms with E-state index in [0.717, 1.165) is 24.5 Å². The van der Waals surface area contributed by atoms with Crippen molar-refractivity contribution in [1.29, 1.82) is 0 Å². The Bertz CT molecular complexity index is 587. The highest BCUT2D eigenvalue weighted by Crippen LogP contribution is 2.34. The Labute approximate surface area is 143 Å². The number of rotatable bonds is 6. The first-order valence-corrected chi connectivity index (χ1v) is 9.24. The quantitative estimate of drug-likeness (QED) is 0.642. The van der Waals surface area contributed by atoms with Crippen LogP contribution < -0.4 is 0 Å². The first-order valence-electron chi connectivity index (χ1n) is 9.24. The normalized spacial score (nSPS) is 28.8. The lowest BCUT2D eigenvalue weighted by atomic mass is 9.85. The molecule has 1 N–H and O–H groups in total. The summed E-state index contributed by atoms with van der Waals surface area (Å²) in [5.74, 6) is 1.15. The van der Waals surface area contributed by atoms with Crippen LogP contribution in [0.1, 0.15) is 49.8 Å². The Hall–Kier alpha value is -1.75. The van der Waals surface area contributed by atoms with Crippen molar-refractivity contribution in [3.05, 3.63) is 36.0 Å². The summed E-state index contributed by atoms with van der Waals surface area (Å²) in [4.78, 5) is 4.54. The van der Waals surface area contributed by atoms with Gasteiger partial charge in [0, 0.05) is 5.69 Å². The Morgan fingerprint density at radius 2 is 1.75 bits per heavy atom. The van der Waals surface area contributed by atoms with E-state index in [4.69, 9.17) is 9.47 Å². The molecule has 5 rings (SSSR count). The minimum absolute atomic E-state index is 0.127. The zero-order chi connectivity index (χ0) is 16.4. The first-order chi connectivity index (χ1) is 11.7. The second-order valence-electron chi connectivity index (χ2n) is 7.51. The second-order valence-corrected chi connectivity index (χ2v) is 7.51. The van der Waals surface area contributed by atoms with Crippen LogP contribution in [0.3, 0.4) is 0 Å². The van der Waals surface area contributed by atoms with Gasteiger partial charge in [0.25, 0.3) is 6.29 Å². The smallest absolute Gasteiger partial charge is 0.286 e. The maximum atomic E-state index is 9.95. The Morgan fingerprint density at radius 1 is 1.04 bits per heavy atom. The standard InChI is InChI=1S/C19H26N2O3/c22-17-5-4-16(20-18(17)19-23-13-14-24-19)3-1-2-9-21-10-6-15(7-11-21)8-12-21/h4-5,13-15,19H,1-3,6-12H2/p+1. The van der Waals surface area contributed by atoms with E-state index in [1.807, 2.05) is 6.07 Å². The van der Waals surface area contributed by atoms with Gasteiger partial charge in [-0.2, -0.15) is 0 Å². The largest absolute Gasteiger partial charge is 0.506 e. The van der Waals surface area contributed by atoms with E-state index in [2.05, 4.69) is 4.98 Å². The van der Waals surface area contributed by atoms with Gasteiger partial charge in [-0.1, -0.05) is 0 Å². The van der Waals surface area contributed by atoms with Crippen LogP contribution in [0.4, 0.5) is 0 Å². The lowest BCUT2D eigenvalue weighted by molar-refractivity contribution is -0.942.